The van der Waals surface area contributed by atoms with E-state index in [1.807, 2.05) is 13.8 Å². The lowest BCUT2D eigenvalue weighted by atomic mass is 9.90. The normalized spacial score (nSPS) is 20.1. The molecule has 1 saturated heterocycles. The Kier molecular flexibility index (Phi) is 5.72. The fraction of sp³-hybridized carbons (Fsp3) is 0.455. The zero-order chi connectivity index (χ0) is 18.7. The lowest BCUT2D eigenvalue weighted by Crippen LogP contribution is -3.14. The zero-order valence-corrected chi connectivity index (χ0v) is 16.0. The number of nitrogens with one attached hydrogen (secondary N) is 2. The van der Waals surface area contributed by atoms with E-state index in [2.05, 4.69) is 35.3 Å². The predicted octanol–water partition coefficient (Wildman–Crippen LogP) is 2.55. The lowest BCUT2D eigenvalue weighted by molar-refractivity contribution is -0.897. The van der Waals surface area contributed by atoms with Crippen molar-refractivity contribution in [1.82, 2.24) is 4.98 Å². The van der Waals surface area contributed by atoms with Gasteiger partial charge >= 0.3 is 0 Å². The summed E-state index contributed by atoms with van der Waals surface area (Å²) in [6, 6.07) is 10.7. The van der Waals surface area contributed by atoms with Gasteiger partial charge in [-0.2, -0.15) is 0 Å². The number of hydrogen-bond donors (Lipinski definition) is 2. The van der Waals surface area contributed by atoms with Gasteiger partial charge in [0, 0.05) is 11.3 Å². The summed E-state index contributed by atoms with van der Waals surface area (Å²) in [5.41, 5.74) is 4.30. The van der Waals surface area contributed by atoms with Crippen LogP contribution in [0.1, 0.15) is 57.4 Å². The molecule has 0 unspecified atom stereocenters. The van der Waals surface area contributed by atoms with Gasteiger partial charge in [-0.3, -0.25) is 9.59 Å². The van der Waals surface area contributed by atoms with Gasteiger partial charge in [-0.1, -0.05) is 30.3 Å². The van der Waals surface area contributed by atoms with Gasteiger partial charge in [0.05, 0.1) is 18.8 Å². The number of Topliss-reactive ketones (excluding diaryl/α,β-unsaturated/α-hetero) is 2. The first-order valence-corrected chi connectivity index (χ1v) is 9.56. The molecule has 2 aromatic rings. The first kappa shape index (κ1) is 18.6. The van der Waals surface area contributed by atoms with Gasteiger partial charge < -0.3 is 9.88 Å². The summed E-state index contributed by atoms with van der Waals surface area (Å²) >= 11 is 0. The maximum Gasteiger partial charge on any atom is 0.233 e. The van der Waals surface area contributed by atoms with E-state index in [-0.39, 0.29) is 11.6 Å². The lowest BCUT2D eigenvalue weighted by Gasteiger charge is -2.28. The molecule has 0 atom stereocenters. The van der Waals surface area contributed by atoms with Gasteiger partial charge in [-0.05, 0) is 57.1 Å². The van der Waals surface area contributed by atoms with Gasteiger partial charge in [0.15, 0.2) is 5.78 Å². The molecule has 1 aliphatic heterocycles. The van der Waals surface area contributed by atoms with E-state index in [0.717, 1.165) is 36.7 Å². The van der Waals surface area contributed by atoms with Crippen molar-refractivity contribution in [2.45, 2.75) is 40.0 Å². The summed E-state index contributed by atoms with van der Waals surface area (Å²) in [4.78, 5) is 29.0. The number of H-pyrrole nitrogens is 1. The highest BCUT2D eigenvalue weighted by Gasteiger charge is 2.27. The van der Waals surface area contributed by atoms with Crippen LogP contribution in [0.4, 0.5) is 0 Å². The number of rotatable bonds is 6. The van der Waals surface area contributed by atoms with Crippen molar-refractivity contribution in [1.29, 1.82) is 0 Å². The van der Waals surface area contributed by atoms with Crippen LogP contribution in [-0.2, 0) is 6.42 Å². The van der Waals surface area contributed by atoms with Crippen LogP contribution in [0.25, 0.3) is 0 Å². The molecule has 4 heteroatoms. The molecule has 1 aromatic heterocycles. The minimum Gasteiger partial charge on any atom is -0.355 e. The van der Waals surface area contributed by atoms with Gasteiger partial charge in [0.2, 0.25) is 5.78 Å². The van der Waals surface area contributed by atoms with Gasteiger partial charge in [-0.15, -0.1) is 0 Å². The van der Waals surface area contributed by atoms with E-state index < -0.39 is 0 Å². The number of ketones is 2. The molecule has 0 bridgehead atoms. The van der Waals surface area contributed by atoms with Crippen molar-refractivity contribution in [3.8, 4) is 0 Å². The van der Waals surface area contributed by atoms with E-state index in [4.69, 9.17) is 0 Å². The first-order chi connectivity index (χ1) is 12.5. The van der Waals surface area contributed by atoms with Crippen molar-refractivity contribution in [2.24, 2.45) is 5.92 Å². The molecule has 0 saturated carbocycles. The Hall–Kier alpha value is -2.20. The zero-order valence-electron chi connectivity index (χ0n) is 16.0. The van der Waals surface area contributed by atoms with Crippen LogP contribution >= 0.6 is 0 Å². The SMILES string of the molecule is CC(=O)c1c(C)[nH]c(C(=O)C[NH+]2CCC(Cc3ccccc3)CC2)c1C. The summed E-state index contributed by atoms with van der Waals surface area (Å²) < 4.78 is 0. The highest BCUT2D eigenvalue weighted by Crippen LogP contribution is 2.19. The van der Waals surface area contributed by atoms with Crippen LogP contribution in [-0.4, -0.2) is 36.2 Å². The molecular weight excluding hydrogens is 324 g/mol. The molecule has 0 spiro atoms. The Labute approximate surface area is 155 Å². The molecule has 0 aliphatic carbocycles. The fourth-order valence-corrected chi connectivity index (χ4v) is 4.29. The second-order valence-electron chi connectivity index (χ2n) is 7.66. The number of aromatic amines is 1. The van der Waals surface area contributed by atoms with Gasteiger partial charge in [0.25, 0.3) is 0 Å². The van der Waals surface area contributed by atoms with E-state index in [9.17, 15) is 9.59 Å². The molecule has 3 rings (SSSR count). The molecule has 1 fully saturated rings. The Balaban J connectivity index is 1.55. The monoisotopic (exact) mass is 353 g/mol. The third-order valence-corrected chi connectivity index (χ3v) is 5.66. The first-order valence-electron chi connectivity index (χ1n) is 9.56. The summed E-state index contributed by atoms with van der Waals surface area (Å²) in [5, 5.41) is 0. The molecule has 0 amide bonds. The number of hydrogen-bond acceptors (Lipinski definition) is 2. The van der Waals surface area contributed by atoms with E-state index in [1.54, 1.807) is 6.92 Å². The van der Waals surface area contributed by atoms with Crippen molar-refractivity contribution < 1.29 is 14.5 Å². The van der Waals surface area contributed by atoms with Crippen molar-refractivity contribution in [3.05, 3.63) is 58.4 Å². The molecule has 2 heterocycles. The average Bonchev–Trinajstić information content (AvgIpc) is 2.92. The van der Waals surface area contributed by atoms with Crippen LogP contribution < -0.4 is 4.90 Å². The van der Waals surface area contributed by atoms with Crippen molar-refractivity contribution in [3.63, 3.8) is 0 Å². The molecule has 4 nitrogen and oxygen atoms in total. The van der Waals surface area contributed by atoms with Gasteiger partial charge in [-0.25, -0.2) is 0 Å². The van der Waals surface area contributed by atoms with Gasteiger partial charge in [0.1, 0.15) is 6.54 Å². The number of quaternary nitrogens is 1. The Morgan fingerprint density at radius 3 is 2.35 bits per heavy atom. The molecule has 26 heavy (non-hydrogen) atoms. The maximum absolute atomic E-state index is 12.7. The average molecular weight is 353 g/mol. The Morgan fingerprint density at radius 2 is 1.77 bits per heavy atom. The largest absolute Gasteiger partial charge is 0.355 e. The summed E-state index contributed by atoms with van der Waals surface area (Å²) in [5.74, 6) is 0.856. The standard InChI is InChI=1S/C22H28N2O2/c1-15-21(17(3)25)16(2)23-22(15)20(26)14-24-11-9-19(10-12-24)13-18-7-5-4-6-8-18/h4-8,19,23H,9-14H2,1-3H3/p+1. The fourth-order valence-electron chi connectivity index (χ4n) is 4.29. The van der Waals surface area contributed by atoms with E-state index in [1.165, 1.54) is 23.3 Å². The molecule has 1 aromatic carbocycles. The number of likely N-dealkylation sites (tertiary alicyclic amines) is 1. The molecule has 2 N–H and O–H groups in total. The quantitative estimate of drug-likeness (QED) is 0.784. The number of piperidine rings is 1. The second-order valence-corrected chi connectivity index (χ2v) is 7.66. The highest BCUT2D eigenvalue weighted by atomic mass is 16.1. The third-order valence-electron chi connectivity index (χ3n) is 5.66. The minimum atomic E-state index is 0.0179. The topological polar surface area (TPSA) is 54.4 Å². The molecular formula is C22H29N2O2+. The minimum absolute atomic E-state index is 0.0179. The van der Waals surface area contributed by atoms with Crippen LogP contribution in [0.5, 0.6) is 0 Å². The summed E-state index contributed by atoms with van der Waals surface area (Å²) in [6.07, 6.45) is 3.47. The van der Waals surface area contributed by atoms with Crippen LogP contribution in [0.3, 0.4) is 0 Å². The number of aromatic nitrogens is 1. The maximum atomic E-state index is 12.7. The number of aryl methyl sites for hydroxylation is 1. The molecule has 1 aliphatic rings. The summed E-state index contributed by atoms with van der Waals surface area (Å²) in [6.45, 7) is 7.89. The van der Waals surface area contributed by atoms with Crippen LogP contribution in [0, 0.1) is 19.8 Å². The highest BCUT2D eigenvalue weighted by molar-refractivity contribution is 6.03. The van der Waals surface area contributed by atoms with Crippen molar-refractivity contribution >= 4 is 11.6 Å². The molecule has 0 radical (unpaired) electrons. The predicted molar refractivity (Wildman–Crippen MR) is 103 cm³/mol. The number of benzene rings is 1. The third kappa shape index (κ3) is 4.13. The van der Waals surface area contributed by atoms with Crippen LogP contribution in [0.2, 0.25) is 0 Å². The number of carbonyl (C=O) groups is 2. The Bertz CT molecular complexity index is 784. The van der Waals surface area contributed by atoms with Crippen molar-refractivity contribution in [2.75, 3.05) is 19.6 Å². The van der Waals surface area contributed by atoms with Crippen LogP contribution in [0.15, 0.2) is 30.3 Å². The Morgan fingerprint density at radius 1 is 1.12 bits per heavy atom. The smallest absolute Gasteiger partial charge is 0.233 e. The van der Waals surface area contributed by atoms with E-state index >= 15 is 0 Å². The second kappa shape index (κ2) is 8.00. The van der Waals surface area contributed by atoms with E-state index in [0.29, 0.717) is 17.8 Å². The number of carbonyl (C=O) groups excluding carboxylic acids is 2. The molecule has 138 valence electrons. The summed E-state index contributed by atoms with van der Waals surface area (Å²) in [7, 11) is 0.